The third kappa shape index (κ3) is 5.45. The minimum atomic E-state index is -4.51. The number of oxime groups is 1. The molecule has 0 rings (SSSR count). The molecule has 16 heavy (non-hydrogen) atoms. The van der Waals surface area contributed by atoms with Gasteiger partial charge in [0.2, 0.25) is 0 Å². The summed E-state index contributed by atoms with van der Waals surface area (Å²) in [6, 6.07) is 0. The Morgan fingerprint density at radius 3 is 2.44 bits per heavy atom. The number of rotatable bonds is 6. The van der Waals surface area contributed by atoms with Crippen LogP contribution in [-0.4, -0.2) is 41.8 Å². The van der Waals surface area contributed by atoms with Crippen LogP contribution in [0.5, 0.6) is 0 Å². The van der Waals surface area contributed by atoms with Crippen LogP contribution in [0.25, 0.3) is 0 Å². The Balaban J connectivity index is 4.25. The van der Waals surface area contributed by atoms with Crippen LogP contribution in [0.3, 0.4) is 0 Å². The van der Waals surface area contributed by atoms with Crippen molar-refractivity contribution < 1.29 is 18.4 Å². The lowest BCUT2D eigenvalue weighted by atomic mass is 10.1. The van der Waals surface area contributed by atoms with Crippen LogP contribution < -0.4 is 11.1 Å². The van der Waals surface area contributed by atoms with Crippen molar-refractivity contribution in [1.82, 2.24) is 5.32 Å². The summed E-state index contributed by atoms with van der Waals surface area (Å²) in [6.45, 7) is 1.94. The third-order valence-electron chi connectivity index (χ3n) is 2.05. The average Bonchev–Trinajstić information content (AvgIpc) is 2.21. The minimum absolute atomic E-state index is 0.209. The summed E-state index contributed by atoms with van der Waals surface area (Å²) < 4.78 is 37.3. The van der Waals surface area contributed by atoms with Gasteiger partial charge in [0.25, 0.3) is 0 Å². The smallest absolute Gasteiger partial charge is 0.400 e. The van der Waals surface area contributed by atoms with Gasteiger partial charge in [-0.15, -0.1) is 0 Å². The standard InChI is InChI=1S/C8H16F3N3OS/c1-5(16-2)3-13-4-6(7(12)14-15)8(9,10)11/h5-6,13,15H,3-4H2,1-2H3,(H2,12,14). The number of amidine groups is 1. The molecule has 96 valence electrons. The maximum Gasteiger partial charge on any atom is 0.400 e. The summed E-state index contributed by atoms with van der Waals surface area (Å²) in [6.07, 6.45) is -2.64. The minimum Gasteiger partial charge on any atom is -0.409 e. The number of nitrogens with zero attached hydrogens (tertiary/aromatic N) is 1. The Kier molecular flexibility index (Phi) is 6.58. The number of nitrogens with one attached hydrogen (secondary N) is 1. The van der Waals surface area contributed by atoms with Crippen molar-refractivity contribution in [3.63, 3.8) is 0 Å². The molecule has 0 aromatic rings. The van der Waals surface area contributed by atoms with Crippen LogP contribution in [-0.2, 0) is 0 Å². The number of nitrogens with two attached hydrogens (primary N) is 1. The monoisotopic (exact) mass is 259 g/mol. The predicted octanol–water partition coefficient (Wildman–Crippen LogP) is 1.25. The lowest BCUT2D eigenvalue weighted by molar-refractivity contribution is -0.154. The van der Waals surface area contributed by atoms with Gasteiger partial charge >= 0.3 is 6.18 Å². The quantitative estimate of drug-likeness (QED) is 0.290. The molecule has 0 radical (unpaired) electrons. The SMILES string of the molecule is CSC(C)CNCC(C(N)=NO)C(F)(F)F. The Labute approximate surface area is 96.4 Å². The van der Waals surface area contributed by atoms with Gasteiger partial charge in [-0.3, -0.25) is 0 Å². The van der Waals surface area contributed by atoms with Crippen molar-refractivity contribution in [2.24, 2.45) is 16.8 Å². The molecule has 0 aliphatic rings. The van der Waals surface area contributed by atoms with Crippen LogP contribution >= 0.6 is 11.8 Å². The second kappa shape index (κ2) is 6.85. The number of alkyl halides is 3. The molecule has 0 aromatic heterocycles. The molecule has 0 aliphatic heterocycles. The van der Waals surface area contributed by atoms with Crippen LogP contribution in [0.2, 0.25) is 0 Å². The lowest BCUT2D eigenvalue weighted by Crippen LogP contribution is -2.43. The number of hydrogen-bond donors (Lipinski definition) is 3. The van der Waals surface area contributed by atoms with Crippen molar-refractivity contribution in [3.8, 4) is 0 Å². The highest BCUT2D eigenvalue weighted by Crippen LogP contribution is 2.25. The molecule has 0 amide bonds. The van der Waals surface area contributed by atoms with Crippen molar-refractivity contribution >= 4 is 17.6 Å². The summed E-state index contributed by atoms with van der Waals surface area (Å²) in [4.78, 5) is 0. The molecule has 0 fully saturated rings. The van der Waals surface area contributed by atoms with E-state index < -0.39 is 17.9 Å². The van der Waals surface area contributed by atoms with Crippen molar-refractivity contribution in [1.29, 1.82) is 0 Å². The van der Waals surface area contributed by atoms with Gasteiger partial charge in [0.05, 0.1) is 0 Å². The molecule has 0 aliphatic carbocycles. The van der Waals surface area contributed by atoms with E-state index in [4.69, 9.17) is 10.9 Å². The van der Waals surface area contributed by atoms with E-state index in [0.717, 1.165) is 0 Å². The van der Waals surface area contributed by atoms with Crippen molar-refractivity contribution in [2.45, 2.75) is 18.3 Å². The summed E-state index contributed by atoms with van der Waals surface area (Å²) >= 11 is 1.54. The summed E-state index contributed by atoms with van der Waals surface area (Å²) in [7, 11) is 0. The number of halogens is 3. The van der Waals surface area contributed by atoms with Gasteiger partial charge in [-0.1, -0.05) is 12.1 Å². The highest BCUT2D eigenvalue weighted by Gasteiger charge is 2.42. The van der Waals surface area contributed by atoms with Crippen LogP contribution in [0, 0.1) is 5.92 Å². The highest BCUT2D eigenvalue weighted by molar-refractivity contribution is 7.99. The fourth-order valence-corrected chi connectivity index (χ4v) is 1.26. The zero-order chi connectivity index (χ0) is 12.8. The first-order valence-electron chi connectivity index (χ1n) is 4.60. The van der Waals surface area contributed by atoms with Crippen LogP contribution in [0.1, 0.15) is 6.92 Å². The van der Waals surface area contributed by atoms with E-state index in [2.05, 4.69) is 10.5 Å². The van der Waals surface area contributed by atoms with Crippen molar-refractivity contribution in [2.75, 3.05) is 19.3 Å². The molecule has 4 N–H and O–H groups in total. The summed E-state index contributed by atoms with van der Waals surface area (Å²) in [5, 5.41) is 13.5. The normalized spacial score (nSPS) is 17.2. The molecular weight excluding hydrogens is 243 g/mol. The van der Waals surface area contributed by atoms with Gasteiger partial charge < -0.3 is 16.3 Å². The fourth-order valence-electron chi connectivity index (χ4n) is 0.972. The highest BCUT2D eigenvalue weighted by atomic mass is 32.2. The van der Waals surface area contributed by atoms with E-state index >= 15 is 0 Å². The average molecular weight is 259 g/mol. The second-order valence-electron chi connectivity index (χ2n) is 3.32. The van der Waals surface area contributed by atoms with Gasteiger partial charge in [-0.05, 0) is 6.26 Å². The van der Waals surface area contributed by atoms with E-state index in [1.54, 1.807) is 11.8 Å². The Morgan fingerprint density at radius 2 is 2.06 bits per heavy atom. The molecule has 4 nitrogen and oxygen atoms in total. The molecule has 0 bridgehead atoms. The Morgan fingerprint density at radius 1 is 1.50 bits per heavy atom. The molecule has 0 heterocycles. The van der Waals surface area contributed by atoms with Crippen molar-refractivity contribution in [3.05, 3.63) is 0 Å². The predicted molar refractivity (Wildman–Crippen MR) is 58.8 cm³/mol. The zero-order valence-electron chi connectivity index (χ0n) is 9.08. The largest absolute Gasteiger partial charge is 0.409 e. The molecule has 8 heteroatoms. The number of thioether (sulfide) groups is 1. The van der Waals surface area contributed by atoms with E-state index in [0.29, 0.717) is 6.54 Å². The molecule has 2 atom stereocenters. The van der Waals surface area contributed by atoms with Crippen LogP contribution in [0.15, 0.2) is 5.16 Å². The van der Waals surface area contributed by atoms with E-state index in [1.165, 1.54) is 0 Å². The van der Waals surface area contributed by atoms with Gasteiger partial charge in [-0.2, -0.15) is 24.9 Å². The molecule has 0 saturated carbocycles. The maximum atomic E-state index is 12.4. The first kappa shape index (κ1) is 15.4. The summed E-state index contributed by atoms with van der Waals surface area (Å²) in [5.74, 6) is -2.77. The van der Waals surface area contributed by atoms with Gasteiger partial charge in [-0.25, -0.2) is 0 Å². The molecule has 0 saturated heterocycles. The fraction of sp³-hybridized carbons (Fsp3) is 0.875. The first-order chi connectivity index (χ1) is 7.32. The zero-order valence-corrected chi connectivity index (χ0v) is 9.90. The Bertz CT molecular complexity index is 235. The second-order valence-corrected chi connectivity index (χ2v) is 4.60. The van der Waals surface area contributed by atoms with Gasteiger partial charge in [0.15, 0.2) is 5.84 Å². The lowest BCUT2D eigenvalue weighted by Gasteiger charge is -2.20. The molecular formula is C8H16F3N3OS. The van der Waals surface area contributed by atoms with Gasteiger partial charge in [0.1, 0.15) is 5.92 Å². The number of hydrogen-bond acceptors (Lipinski definition) is 4. The van der Waals surface area contributed by atoms with E-state index in [9.17, 15) is 13.2 Å². The van der Waals surface area contributed by atoms with Crippen LogP contribution in [0.4, 0.5) is 13.2 Å². The Hall–Kier alpha value is -0.630. The molecule has 0 aromatic carbocycles. The molecule has 0 spiro atoms. The first-order valence-corrected chi connectivity index (χ1v) is 5.89. The maximum absolute atomic E-state index is 12.4. The summed E-state index contributed by atoms with van der Waals surface area (Å²) in [5.41, 5.74) is 4.99. The van der Waals surface area contributed by atoms with Gasteiger partial charge in [0, 0.05) is 18.3 Å². The van der Waals surface area contributed by atoms with E-state index in [-0.39, 0.29) is 11.8 Å². The van der Waals surface area contributed by atoms with E-state index in [1.807, 2.05) is 13.2 Å². The topological polar surface area (TPSA) is 70.6 Å². The third-order valence-corrected chi connectivity index (χ3v) is 3.02. The molecule has 2 unspecified atom stereocenters.